The van der Waals surface area contributed by atoms with Crippen molar-refractivity contribution in [1.29, 1.82) is 0 Å². The minimum atomic E-state index is -0.913. The predicted molar refractivity (Wildman–Crippen MR) is 69.8 cm³/mol. The van der Waals surface area contributed by atoms with Crippen LogP contribution >= 0.6 is 0 Å². The molecule has 3 unspecified atom stereocenters. The summed E-state index contributed by atoms with van der Waals surface area (Å²) in [6.45, 7) is 0. The van der Waals surface area contributed by atoms with Crippen LogP contribution in [0.5, 0.6) is 0 Å². The Morgan fingerprint density at radius 2 is 2.00 bits per heavy atom. The van der Waals surface area contributed by atoms with Crippen molar-refractivity contribution in [2.75, 3.05) is 0 Å². The standard InChI is InChI=1S/C16H18O3/c17-14(18)11-1-3-12(4-2-11)16(19)9-15-6-5-10(8-15)7-13(15)16/h1-4,10,13,19H,5-9H2,(H,17,18)/t10?,13?,15?,16-/m0/s1. The quantitative estimate of drug-likeness (QED) is 0.857. The summed E-state index contributed by atoms with van der Waals surface area (Å²) in [5.41, 5.74) is 0.895. The van der Waals surface area contributed by atoms with Gasteiger partial charge in [-0.2, -0.15) is 0 Å². The van der Waals surface area contributed by atoms with E-state index in [0.717, 1.165) is 24.3 Å². The van der Waals surface area contributed by atoms with E-state index in [9.17, 15) is 9.90 Å². The first kappa shape index (κ1) is 11.5. The van der Waals surface area contributed by atoms with Gasteiger partial charge in [0, 0.05) is 0 Å². The minimum Gasteiger partial charge on any atom is -0.478 e. The van der Waals surface area contributed by atoms with E-state index in [0.29, 0.717) is 11.3 Å². The molecule has 2 bridgehead atoms. The first-order chi connectivity index (χ1) is 9.03. The van der Waals surface area contributed by atoms with Crippen LogP contribution in [-0.2, 0) is 5.60 Å². The van der Waals surface area contributed by atoms with Gasteiger partial charge in [0.15, 0.2) is 0 Å². The van der Waals surface area contributed by atoms with Gasteiger partial charge in [-0.3, -0.25) is 0 Å². The van der Waals surface area contributed by atoms with Gasteiger partial charge in [-0.1, -0.05) is 12.1 Å². The Morgan fingerprint density at radius 1 is 1.26 bits per heavy atom. The first-order valence-electron chi connectivity index (χ1n) is 7.10. The van der Waals surface area contributed by atoms with Gasteiger partial charge in [0.2, 0.25) is 0 Å². The number of hydrogen-bond acceptors (Lipinski definition) is 2. The van der Waals surface area contributed by atoms with E-state index in [1.54, 1.807) is 24.3 Å². The summed E-state index contributed by atoms with van der Waals surface area (Å²) in [5, 5.41) is 19.9. The molecule has 3 aliphatic rings. The second kappa shape index (κ2) is 3.40. The summed E-state index contributed by atoms with van der Waals surface area (Å²) in [6.07, 6.45) is 5.93. The number of hydrogen-bond donors (Lipinski definition) is 2. The van der Waals surface area contributed by atoms with Crippen LogP contribution in [0, 0.1) is 17.3 Å². The zero-order chi connectivity index (χ0) is 13.3. The molecule has 4 rings (SSSR count). The van der Waals surface area contributed by atoms with E-state index in [4.69, 9.17) is 5.11 Å². The van der Waals surface area contributed by atoms with Gasteiger partial charge in [0.25, 0.3) is 0 Å². The second-order valence-corrected chi connectivity index (χ2v) is 6.74. The van der Waals surface area contributed by atoms with E-state index in [2.05, 4.69) is 0 Å². The van der Waals surface area contributed by atoms with Crippen molar-refractivity contribution in [2.24, 2.45) is 17.3 Å². The lowest BCUT2D eigenvalue weighted by atomic mass is 9.49. The zero-order valence-electron chi connectivity index (χ0n) is 10.8. The Hall–Kier alpha value is -1.35. The van der Waals surface area contributed by atoms with E-state index in [1.807, 2.05) is 0 Å². The van der Waals surface area contributed by atoms with Gasteiger partial charge in [-0.05, 0) is 67.1 Å². The molecular formula is C16H18O3. The van der Waals surface area contributed by atoms with Crippen LogP contribution in [0.4, 0.5) is 0 Å². The summed E-state index contributed by atoms with van der Waals surface area (Å²) in [5.74, 6) is 0.301. The molecule has 4 atom stereocenters. The molecule has 0 aromatic heterocycles. The van der Waals surface area contributed by atoms with Crippen molar-refractivity contribution in [1.82, 2.24) is 0 Å². The summed E-state index contributed by atoms with van der Waals surface area (Å²) in [6, 6.07) is 6.80. The summed E-state index contributed by atoms with van der Waals surface area (Å²) >= 11 is 0. The molecule has 3 saturated carbocycles. The zero-order valence-corrected chi connectivity index (χ0v) is 10.8. The molecule has 19 heavy (non-hydrogen) atoms. The Labute approximate surface area is 112 Å². The highest BCUT2D eigenvalue weighted by Crippen LogP contribution is 2.73. The molecule has 3 fully saturated rings. The van der Waals surface area contributed by atoms with Crippen LogP contribution in [0.15, 0.2) is 24.3 Å². The molecular weight excluding hydrogens is 240 g/mol. The fourth-order valence-corrected chi connectivity index (χ4v) is 5.09. The smallest absolute Gasteiger partial charge is 0.335 e. The minimum absolute atomic E-state index is 0.286. The number of fused-ring (bicyclic) bond motifs is 1. The molecule has 1 spiro atoms. The molecule has 1 aromatic carbocycles. The predicted octanol–water partition coefficient (Wildman–Crippen LogP) is 2.78. The van der Waals surface area contributed by atoms with Gasteiger partial charge in [-0.25, -0.2) is 4.79 Å². The highest BCUT2D eigenvalue weighted by Gasteiger charge is 2.68. The average molecular weight is 258 g/mol. The molecule has 3 aliphatic carbocycles. The third-order valence-electron chi connectivity index (χ3n) is 5.88. The highest BCUT2D eigenvalue weighted by molar-refractivity contribution is 5.87. The van der Waals surface area contributed by atoms with Gasteiger partial charge in [-0.15, -0.1) is 0 Å². The number of carboxylic acids is 1. The molecule has 3 nitrogen and oxygen atoms in total. The van der Waals surface area contributed by atoms with Crippen LogP contribution in [0.25, 0.3) is 0 Å². The Balaban J connectivity index is 1.65. The molecule has 0 saturated heterocycles. The van der Waals surface area contributed by atoms with Crippen molar-refractivity contribution in [3.05, 3.63) is 35.4 Å². The third-order valence-corrected chi connectivity index (χ3v) is 5.88. The van der Waals surface area contributed by atoms with Crippen LogP contribution in [0.2, 0.25) is 0 Å². The number of aromatic carboxylic acids is 1. The van der Waals surface area contributed by atoms with E-state index in [-0.39, 0.29) is 5.56 Å². The molecule has 1 aromatic rings. The molecule has 0 radical (unpaired) electrons. The van der Waals surface area contributed by atoms with Crippen molar-refractivity contribution in [3.63, 3.8) is 0 Å². The van der Waals surface area contributed by atoms with E-state index < -0.39 is 11.6 Å². The lowest BCUT2D eigenvalue weighted by Crippen LogP contribution is -2.56. The second-order valence-electron chi connectivity index (χ2n) is 6.74. The van der Waals surface area contributed by atoms with Gasteiger partial charge in [0.05, 0.1) is 11.2 Å². The summed E-state index contributed by atoms with van der Waals surface area (Å²) < 4.78 is 0. The number of carboxylic acid groups (broad SMARTS) is 1. The first-order valence-corrected chi connectivity index (χ1v) is 7.10. The Bertz CT molecular complexity index is 550. The fourth-order valence-electron chi connectivity index (χ4n) is 5.09. The molecule has 0 amide bonds. The Morgan fingerprint density at radius 3 is 2.58 bits per heavy atom. The summed E-state index contributed by atoms with van der Waals surface area (Å²) in [7, 11) is 0. The Kier molecular flexibility index (Phi) is 2.05. The van der Waals surface area contributed by atoms with Gasteiger partial charge in [0.1, 0.15) is 0 Å². The molecule has 100 valence electrons. The summed E-state index contributed by atoms with van der Waals surface area (Å²) in [4.78, 5) is 10.9. The fraction of sp³-hybridized carbons (Fsp3) is 0.562. The number of carbonyl (C=O) groups is 1. The van der Waals surface area contributed by atoms with Gasteiger partial charge >= 0.3 is 5.97 Å². The molecule has 0 heterocycles. The number of benzene rings is 1. The largest absolute Gasteiger partial charge is 0.478 e. The maximum atomic E-state index is 11.0. The molecule has 0 aliphatic heterocycles. The lowest BCUT2D eigenvalue weighted by molar-refractivity contribution is -0.191. The van der Waals surface area contributed by atoms with Crippen molar-refractivity contribution < 1.29 is 15.0 Å². The van der Waals surface area contributed by atoms with Crippen molar-refractivity contribution in [2.45, 2.75) is 37.7 Å². The van der Waals surface area contributed by atoms with Crippen LogP contribution in [0.1, 0.15) is 48.0 Å². The molecule has 3 heteroatoms. The number of aliphatic hydroxyl groups is 1. The number of rotatable bonds is 2. The lowest BCUT2D eigenvalue weighted by Gasteiger charge is -2.58. The van der Waals surface area contributed by atoms with Crippen LogP contribution < -0.4 is 0 Å². The monoisotopic (exact) mass is 258 g/mol. The van der Waals surface area contributed by atoms with Crippen LogP contribution in [0.3, 0.4) is 0 Å². The molecule has 2 N–H and O–H groups in total. The van der Waals surface area contributed by atoms with Crippen molar-refractivity contribution in [3.8, 4) is 0 Å². The van der Waals surface area contributed by atoms with E-state index >= 15 is 0 Å². The SMILES string of the molecule is O=C(O)c1ccc([C@@]2(O)CC34CCC(CC32)C4)cc1. The van der Waals surface area contributed by atoms with Crippen LogP contribution in [-0.4, -0.2) is 16.2 Å². The van der Waals surface area contributed by atoms with E-state index in [1.165, 1.54) is 19.3 Å². The maximum absolute atomic E-state index is 11.0. The normalized spacial score (nSPS) is 42.8. The average Bonchev–Trinajstić information content (AvgIpc) is 2.93. The topological polar surface area (TPSA) is 57.5 Å². The third kappa shape index (κ3) is 1.34. The highest BCUT2D eigenvalue weighted by atomic mass is 16.4. The van der Waals surface area contributed by atoms with Gasteiger partial charge < -0.3 is 10.2 Å². The maximum Gasteiger partial charge on any atom is 0.335 e. The van der Waals surface area contributed by atoms with Crippen molar-refractivity contribution >= 4 is 5.97 Å².